The molecule has 0 spiro atoms. The number of benzene rings is 1. The fourth-order valence-electron chi connectivity index (χ4n) is 1.85. The van der Waals surface area contributed by atoms with Crippen LogP contribution >= 0.6 is 11.8 Å². The van der Waals surface area contributed by atoms with Crippen molar-refractivity contribution >= 4 is 11.8 Å². The molecule has 1 aliphatic heterocycles. The number of hydrogen-bond acceptors (Lipinski definition) is 3. The lowest BCUT2D eigenvalue weighted by atomic mass is 10.1. The van der Waals surface area contributed by atoms with E-state index in [4.69, 9.17) is 10.00 Å². The first-order valence-corrected chi connectivity index (χ1v) is 6.72. The van der Waals surface area contributed by atoms with Gasteiger partial charge in [0.15, 0.2) is 0 Å². The Labute approximate surface area is 105 Å². The molecule has 17 heavy (non-hydrogen) atoms. The van der Waals surface area contributed by atoms with Crippen molar-refractivity contribution in [2.24, 2.45) is 0 Å². The minimum Gasteiger partial charge on any atom is -0.381 e. The van der Waals surface area contributed by atoms with Crippen molar-refractivity contribution in [3.63, 3.8) is 0 Å². The van der Waals surface area contributed by atoms with E-state index in [1.54, 1.807) is 6.07 Å². The van der Waals surface area contributed by atoms with Crippen LogP contribution in [0.15, 0.2) is 18.2 Å². The van der Waals surface area contributed by atoms with Gasteiger partial charge in [-0.2, -0.15) is 17.0 Å². The lowest BCUT2D eigenvalue weighted by Gasteiger charge is -2.21. The quantitative estimate of drug-likeness (QED) is 0.827. The SMILES string of the molecule is N#Cc1cc(F)cc(CSC2CCOCC2)c1. The van der Waals surface area contributed by atoms with Crippen LogP contribution in [0.2, 0.25) is 0 Å². The first kappa shape index (κ1) is 12.4. The molecule has 0 saturated carbocycles. The molecule has 0 aliphatic carbocycles. The van der Waals surface area contributed by atoms with E-state index in [0.29, 0.717) is 10.8 Å². The molecule has 2 nitrogen and oxygen atoms in total. The summed E-state index contributed by atoms with van der Waals surface area (Å²) < 4.78 is 18.5. The first-order valence-electron chi connectivity index (χ1n) is 5.67. The minimum absolute atomic E-state index is 0.327. The first-order chi connectivity index (χ1) is 8.28. The predicted octanol–water partition coefficient (Wildman–Crippen LogP) is 3.11. The molecule has 0 atom stereocenters. The van der Waals surface area contributed by atoms with E-state index < -0.39 is 0 Å². The predicted molar refractivity (Wildman–Crippen MR) is 66.3 cm³/mol. The number of hydrogen-bond donors (Lipinski definition) is 0. The highest BCUT2D eigenvalue weighted by Gasteiger charge is 2.14. The van der Waals surface area contributed by atoms with Gasteiger partial charge in [0.2, 0.25) is 0 Å². The van der Waals surface area contributed by atoms with Crippen LogP contribution in [0.5, 0.6) is 0 Å². The summed E-state index contributed by atoms with van der Waals surface area (Å²) in [6.07, 6.45) is 2.12. The zero-order valence-corrected chi connectivity index (χ0v) is 10.3. The largest absolute Gasteiger partial charge is 0.381 e. The van der Waals surface area contributed by atoms with Gasteiger partial charge in [0.05, 0.1) is 11.6 Å². The number of halogens is 1. The van der Waals surface area contributed by atoms with Crippen molar-refractivity contribution < 1.29 is 9.13 Å². The van der Waals surface area contributed by atoms with Crippen LogP contribution in [0, 0.1) is 17.1 Å². The van der Waals surface area contributed by atoms with Crippen molar-refractivity contribution in [3.8, 4) is 6.07 Å². The second-order valence-corrected chi connectivity index (χ2v) is 5.37. The molecule has 0 bridgehead atoms. The highest BCUT2D eigenvalue weighted by molar-refractivity contribution is 7.99. The molecule has 4 heteroatoms. The summed E-state index contributed by atoms with van der Waals surface area (Å²) in [6.45, 7) is 1.65. The van der Waals surface area contributed by atoms with E-state index in [-0.39, 0.29) is 5.82 Å². The summed E-state index contributed by atoms with van der Waals surface area (Å²) in [5.41, 5.74) is 1.28. The second-order valence-electron chi connectivity index (χ2n) is 4.08. The highest BCUT2D eigenvalue weighted by atomic mass is 32.2. The topological polar surface area (TPSA) is 33.0 Å². The summed E-state index contributed by atoms with van der Waals surface area (Å²) in [7, 11) is 0. The summed E-state index contributed by atoms with van der Waals surface area (Å²) in [6, 6.07) is 6.51. The number of thioether (sulfide) groups is 1. The Bertz CT molecular complexity index is 424. The van der Waals surface area contributed by atoms with Crippen molar-refractivity contribution in [1.29, 1.82) is 5.26 Å². The molecule has 1 fully saturated rings. The van der Waals surface area contributed by atoms with E-state index in [2.05, 4.69) is 0 Å². The molecule has 1 saturated heterocycles. The van der Waals surface area contributed by atoms with E-state index >= 15 is 0 Å². The van der Waals surface area contributed by atoms with Gasteiger partial charge in [0.1, 0.15) is 5.82 Å². The van der Waals surface area contributed by atoms with Gasteiger partial charge in [-0.25, -0.2) is 4.39 Å². The van der Waals surface area contributed by atoms with Crippen LogP contribution in [0.3, 0.4) is 0 Å². The Balaban J connectivity index is 1.94. The Morgan fingerprint density at radius 3 is 2.82 bits per heavy atom. The molecular formula is C13H14FNOS. The minimum atomic E-state index is -0.327. The third-order valence-corrected chi connectivity index (χ3v) is 4.18. The number of ether oxygens (including phenoxy) is 1. The van der Waals surface area contributed by atoms with E-state index in [9.17, 15) is 4.39 Å². The monoisotopic (exact) mass is 251 g/mol. The average Bonchev–Trinajstić information content (AvgIpc) is 2.37. The third kappa shape index (κ3) is 3.72. The summed E-state index contributed by atoms with van der Waals surface area (Å²) in [5.74, 6) is 0.434. The van der Waals surface area contributed by atoms with Gasteiger partial charge < -0.3 is 4.74 Å². The third-order valence-electron chi connectivity index (χ3n) is 2.74. The van der Waals surface area contributed by atoms with Gasteiger partial charge in [0, 0.05) is 24.2 Å². The molecule has 1 aromatic carbocycles. The fourth-order valence-corrected chi connectivity index (χ4v) is 2.98. The van der Waals surface area contributed by atoms with E-state index in [0.717, 1.165) is 37.4 Å². The van der Waals surface area contributed by atoms with Crippen LogP contribution in [0.1, 0.15) is 24.0 Å². The molecule has 1 aliphatic rings. The Kier molecular flexibility index (Phi) is 4.41. The zero-order valence-electron chi connectivity index (χ0n) is 9.49. The van der Waals surface area contributed by atoms with Crippen molar-refractivity contribution in [3.05, 3.63) is 35.1 Å². The zero-order chi connectivity index (χ0) is 12.1. The smallest absolute Gasteiger partial charge is 0.124 e. The van der Waals surface area contributed by atoms with Gasteiger partial charge in [0.25, 0.3) is 0 Å². The van der Waals surface area contributed by atoms with Crippen LogP contribution in [0.25, 0.3) is 0 Å². The highest BCUT2D eigenvalue weighted by Crippen LogP contribution is 2.26. The Morgan fingerprint density at radius 2 is 2.12 bits per heavy atom. The maximum Gasteiger partial charge on any atom is 0.124 e. The Morgan fingerprint density at radius 1 is 1.35 bits per heavy atom. The van der Waals surface area contributed by atoms with Crippen molar-refractivity contribution in [2.75, 3.05) is 13.2 Å². The molecule has 0 amide bonds. The maximum atomic E-state index is 13.2. The van der Waals surface area contributed by atoms with Crippen LogP contribution in [-0.4, -0.2) is 18.5 Å². The molecule has 0 aromatic heterocycles. The van der Waals surface area contributed by atoms with Gasteiger partial charge in [-0.15, -0.1) is 0 Å². The molecule has 2 rings (SSSR count). The average molecular weight is 251 g/mol. The number of rotatable bonds is 3. The molecular weight excluding hydrogens is 237 g/mol. The molecule has 1 aromatic rings. The van der Waals surface area contributed by atoms with E-state index in [1.165, 1.54) is 12.1 Å². The van der Waals surface area contributed by atoms with Gasteiger partial charge in [-0.05, 0) is 36.6 Å². The summed E-state index contributed by atoms with van der Waals surface area (Å²) in [4.78, 5) is 0. The lowest BCUT2D eigenvalue weighted by Crippen LogP contribution is -2.17. The normalized spacial score (nSPS) is 16.7. The summed E-state index contributed by atoms with van der Waals surface area (Å²) >= 11 is 1.82. The molecule has 0 unspecified atom stereocenters. The second kappa shape index (κ2) is 6.04. The maximum absolute atomic E-state index is 13.2. The molecule has 0 radical (unpaired) electrons. The molecule has 0 N–H and O–H groups in total. The molecule has 1 heterocycles. The molecule has 90 valence electrons. The summed E-state index contributed by atoms with van der Waals surface area (Å²) in [5, 5.41) is 9.36. The van der Waals surface area contributed by atoms with Crippen LogP contribution < -0.4 is 0 Å². The van der Waals surface area contributed by atoms with Gasteiger partial charge >= 0.3 is 0 Å². The van der Waals surface area contributed by atoms with Crippen LogP contribution in [0.4, 0.5) is 4.39 Å². The number of nitriles is 1. The number of nitrogens with zero attached hydrogens (tertiary/aromatic N) is 1. The van der Waals surface area contributed by atoms with Gasteiger partial charge in [-0.3, -0.25) is 0 Å². The fraction of sp³-hybridized carbons (Fsp3) is 0.462. The van der Waals surface area contributed by atoms with Crippen LogP contribution in [-0.2, 0) is 10.5 Å². The van der Waals surface area contributed by atoms with Gasteiger partial charge in [-0.1, -0.05) is 0 Å². The Hall–Kier alpha value is -1.05. The van der Waals surface area contributed by atoms with E-state index in [1.807, 2.05) is 17.8 Å². The lowest BCUT2D eigenvalue weighted by molar-refractivity contribution is 0.1000. The van der Waals surface area contributed by atoms with Crippen molar-refractivity contribution in [2.45, 2.75) is 23.8 Å². The van der Waals surface area contributed by atoms with Crippen molar-refractivity contribution in [1.82, 2.24) is 0 Å². The standard InChI is InChI=1S/C13H14FNOS/c14-12-6-10(8-15)5-11(7-12)9-17-13-1-3-16-4-2-13/h5-7,13H,1-4,9H2.